The number of cyclic esters (lactones) is 1. The lowest BCUT2D eigenvalue weighted by Crippen LogP contribution is -2.28. The quantitative estimate of drug-likeness (QED) is 0.493. The van der Waals surface area contributed by atoms with E-state index < -0.39 is 0 Å². The molecule has 1 N–H and O–H groups in total. The van der Waals surface area contributed by atoms with E-state index in [4.69, 9.17) is 4.74 Å². The van der Waals surface area contributed by atoms with Crippen molar-refractivity contribution in [2.24, 2.45) is 0 Å². The number of nitrogens with one attached hydrogen (secondary N) is 1. The molecule has 1 aliphatic heterocycles. The monoisotopic (exact) mass is 359 g/mol. The third-order valence-electron chi connectivity index (χ3n) is 5.13. The molecule has 2 rings (SSSR count). The van der Waals surface area contributed by atoms with Crippen LogP contribution in [0.25, 0.3) is 0 Å². The van der Waals surface area contributed by atoms with E-state index in [0.717, 1.165) is 12.8 Å². The fourth-order valence-electron chi connectivity index (χ4n) is 3.47. The van der Waals surface area contributed by atoms with Crippen LogP contribution in [-0.2, 0) is 16.0 Å². The van der Waals surface area contributed by atoms with Crippen LogP contribution >= 0.6 is 0 Å². The van der Waals surface area contributed by atoms with Gasteiger partial charge in [-0.3, -0.25) is 4.79 Å². The summed E-state index contributed by atoms with van der Waals surface area (Å²) < 4.78 is 5.14. The topological polar surface area (TPSA) is 55.4 Å². The largest absolute Gasteiger partial charge is 0.444 e. The van der Waals surface area contributed by atoms with Gasteiger partial charge in [-0.25, -0.2) is 4.79 Å². The highest BCUT2D eigenvalue weighted by Gasteiger charge is 2.30. The highest BCUT2D eigenvalue weighted by atomic mass is 16.6. The van der Waals surface area contributed by atoms with Gasteiger partial charge in [0.15, 0.2) is 0 Å². The number of carbonyl (C=O) groups excluding carboxylic acids is 2. The van der Waals surface area contributed by atoms with Crippen LogP contribution in [0.15, 0.2) is 30.3 Å². The Morgan fingerprint density at radius 1 is 0.962 bits per heavy atom. The first-order chi connectivity index (χ1) is 12.6. The Labute approximate surface area is 157 Å². The summed E-state index contributed by atoms with van der Waals surface area (Å²) in [6, 6.07) is 10.7. The Hall–Kier alpha value is -1.84. The number of hydrogen-bond acceptors (Lipinski definition) is 3. The number of unbranched alkanes of at least 4 members (excludes halogenated alkanes) is 6. The van der Waals surface area contributed by atoms with E-state index >= 15 is 0 Å². The zero-order valence-corrected chi connectivity index (χ0v) is 16.0. The minimum absolute atomic E-state index is 0.0113. The minimum atomic E-state index is -0.362. The summed E-state index contributed by atoms with van der Waals surface area (Å²) in [6.45, 7) is 1.92. The van der Waals surface area contributed by atoms with Crippen molar-refractivity contribution in [3.63, 3.8) is 0 Å². The molecule has 0 bridgehead atoms. The molecule has 1 fully saturated rings. The molecule has 0 saturated carbocycles. The molecule has 1 saturated heterocycles. The molecule has 1 amide bonds. The van der Waals surface area contributed by atoms with Gasteiger partial charge in [-0.2, -0.15) is 0 Å². The molecule has 0 spiro atoms. The number of Topliss-reactive ketones (excluding diaryl/α,β-unsaturated/α-hetero) is 1. The summed E-state index contributed by atoms with van der Waals surface area (Å²) in [6.07, 6.45) is 11.0. The fourth-order valence-corrected chi connectivity index (χ4v) is 3.47. The average Bonchev–Trinajstić information content (AvgIpc) is 2.96. The Morgan fingerprint density at radius 3 is 2.27 bits per heavy atom. The third-order valence-corrected chi connectivity index (χ3v) is 5.13. The second kappa shape index (κ2) is 11.7. The highest BCUT2D eigenvalue weighted by molar-refractivity contribution is 5.78. The maximum absolute atomic E-state index is 11.9. The third kappa shape index (κ3) is 8.03. The molecule has 1 aliphatic rings. The number of aryl methyl sites for hydroxylation is 1. The van der Waals surface area contributed by atoms with Crippen LogP contribution in [0.1, 0.15) is 76.7 Å². The summed E-state index contributed by atoms with van der Waals surface area (Å²) in [7, 11) is 0. The van der Waals surface area contributed by atoms with Gasteiger partial charge in [0, 0.05) is 12.8 Å². The molecule has 1 aromatic carbocycles. The Balaban J connectivity index is 1.38. The molecule has 0 aliphatic carbocycles. The van der Waals surface area contributed by atoms with E-state index in [0.29, 0.717) is 25.0 Å². The summed E-state index contributed by atoms with van der Waals surface area (Å²) in [5, 5.41) is 2.71. The van der Waals surface area contributed by atoms with Crippen LogP contribution in [0.4, 0.5) is 4.79 Å². The first kappa shape index (κ1) is 20.5. The Bertz CT molecular complexity index is 544. The van der Waals surface area contributed by atoms with Gasteiger partial charge in [-0.1, -0.05) is 62.4 Å². The van der Waals surface area contributed by atoms with E-state index in [1.165, 1.54) is 44.1 Å². The Kier molecular flexibility index (Phi) is 9.22. The number of amides is 1. The molecule has 1 aromatic rings. The molecule has 0 unspecified atom stereocenters. The summed E-state index contributed by atoms with van der Waals surface area (Å²) in [5.74, 6) is 0.294. The number of hydrogen-bond donors (Lipinski definition) is 1. The number of ketones is 1. The summed E-state index contributed by atoms with van der Waals surface area (Å²) >= 11 is 0. The molecule has 0 radical (unpaired) electrons. The van der Waals surface area contributed by atoms with Gasteiger partial charge in [0.1, 0.15) is 11.9 Å². The van der Waals surface area contributed by atoms with E-state index in [9.17, 15) is 9.59 Å². The molecule has 144 valence electrons. The zero-order valence-electron chi connectivity index (χ0n) is 16.0. The second-order valence-electron chi connectivity index (χ2n) is 7.41. The SMILES string of the molecule is C[C@H]1NC(=O)O[C@@H]1CCC(=O)CCCCCCCCCc1ccccc1. The van der Waals surface area contributed by atoms with Crippen molar-refractivity contribution >= 4 is 11.9 Å². The van der Waals surface area contributed by atoms with Crippen LogP contribution in [0.3, 0.4) is 0 Å². The summed E-state index contributed by atoms with van der Waals surface area (Å²) in [5.41, 5.74) is 1.43. The number of benzene rings is 1. The van der Waals surface area contributed by atoms with Crippen molar-refractivity contribution in [2.75, 3.05) is 0 Å². The van der Waals surface area contributed by atoms with Crippen LogP contribution in [0.2, 0.25) is 0 Å². The smallest absolute Gasteiger partial charge is 0.407 e. The van der Waals surface area contributed by atoms with E-state index in [1.54, 1.807) is 0 Å². The maximum atomic E-state index is 11.9. The number of rotatable bonds is 13. The lowest BCUT2D eigenvalue weighted by Gasteiger charge is -2.11. The van der Waals surface area contributed by atoms with Crippen LogP contribution in [0, 0.1) is 0 Å². The van der Waals surface area contributed by atoms with E-state index in [1.807, 2.05) is 6.92 Å². The fraction of sp³-hybridized carbons (Fsp3) is 0.636. The number of carbonyl (C=O) groups is 2. The molecule has 26 heavy (non-hydrogen) atoms. The van der Waals surface area contributed by atoms with E-state index in [-0.39, 0.29) is 18.2 Å². The average molecular weight is 360 g/mol. The standard InChI is InChI=1S/C22H33NO3/c1-18-21(26-22(25)23-18)17-16-20(24)15-11-6-4-2-3-5-8-12-19-13-9-7-10-14-19/h7,9-10,13-14,18,21H,2-6,8,11-12,15-17H2,1H3,(H,23,25)/t18-,21-/m1/s1. The molecule has 4 nitrogen and oxygen atoms in total. The molecule has 2 atom stereocenters. The van der Waals surface area contributed by atoms with Gasteiger partial charge >= 0.3 is 6.09 Å². The van der Waals surface area contributed by atoms with Gasteiger partial charge in [-0.05, 0) is 38.2 Å². The first-order valence-corrected chi connectivity index (χ1v) is 10.2. The van der Waals surface area contributed by atoms with Crippen LogP contribution in [-0.4, -0.2) is 24.0 Å². The van der Waals surface area contributed by atoms with Crippen molar-refractivity contribution in [1.82, 2.24) is 5.32 Å². The lowest BCUT2D eigenvalue weighted by molar-refractivity contribution is -0.119. The van der Waals surface area contributed by atoms with Gasteiger partial charge in [0.25, 0.3) is 0 Å². The molecular formula is C22H33NO3. The molecule has 1 heterocycles. The van der Waals surface area contributed by atoms with Gasteiger partial charge in [0.2, 0.25) is 0 Å². The predicted octanol–water partition coefficient (Wildman–Crippen LogP) is 5.20. The first-order valence-electron chi connectivity index (χ1n) is 10.2. The number of ether oxygens (including phenoxy) is 1. The van der Waals surface area contributed by atoms with Crippen molar-refractivity contribution in [3.8, 4) is 0 Å². The number of alkyl carbamates (subject to hydrolysis) is 1. The van der Waals surface area contributed by atoms with Gasteiger partial charge in [0.05, 0.1) is 6.04 Å². The van der Waals surface area contributed by atoms with E-state index in [2.05, 4.69) is 35.6 Å². The van der Waals surface area contributed by atoms with Gasteiger partial charge < -0.3 is 10.1 Å². The Morgan fingerprint density at radius 2 is 1.62 bits per heavy atom. The van der Waals surface area contributed by atoms with Gasteiger partial charge in [-0.15, -0.1) is 0 Å². The van der Waals surface area contributed by atoms with Crippen molar-refractivity contribution in [3.05, 3.63) is 35.9 Å². The minimum Gasteiger partial charge on any atom is -0.444 e. The normalized spacial score (nSPS) is 19.2. The molecule has 0 aromatic heterocycles. The van der Waals surface area contributed by atoms with Crippen LogP contribution in [0.5, 0.6) is 0 Å². The predicted molar refractivity (Wildman–Crippen MR) is 104 cm³/mol. The molecule has 4 heteroatoms. The summed E-state index contributed by atoms with van der Waals surface area (Å²) in [4.78, 5) is 23.0. The molecular weight excluding hydrogens is 326 g/mol. The van der Waals surface area contributed by atoms with Crippen molar-refractivity contribution in [2.45, 2.75) is 89.7 Å². The second-order valence-corrected chi connectivity index (χ2v) is 7.41. The lowest BCUT2D eigenvalue weighted by atomic mass is 10.0. The van der Waals surface area contributed by atoms with Crippen molar-refractivity contribution in [1.29, 1.82) is 0 Å². The van der Waals surface area contributed by atoms with Crippen molar-refractivity contribution < 1.29 is 14.3 Å². The maximum Gasteiger partial charge on any atom is 0.407 e. The highest BCUT2D eigenvalue weighted by Crippen LogP contribution is 2.16. The van der Waals surface area contributed by atoms with Crippen LogP contribution < -0.4 is 5.32 Å². The zero-order chi connectivity index (χ0) is 18.6.